The van der Waals surface area contributed by atoms with E-state index in [1.54, 1.807) is 0 Å². The molecule has 2 N–H and O–H groups in total. The summed E-state index contributed by atoms with van der Waals surface area (Å²) in [5.74, 6) is -0.114. The summed E-state index contributed by atoms with van der Waals surface area (Å²) < 4.78 is 0. The largest absolute Gasteiger partial charge is 0.504 e. The minimum Gasteiger partial charge on any atom is -0.504 e. The number of benzene rings is 5. The Labute approximate surface area is 138 Å². The molecule has 0 fully saturated rings. The van der Waals surface area contributed by atoms with Gasteiger partial charge in [-0.15, -0.1) is 0 Å². The zero-order chi connectivity index (χ0) is 16.3. The van der Waals surface area contributed by atoms with E-state index in [0.717, 1.165) is 32.3 Å². The van der Waals surface area contributed by atoms with E-state index in [-0.39, 0.29) is 11.5 Å². The Kier molecular flexibility index (Phi) is 2.54. The first-order valence-corrected chi connectivity index (χ1v) is 7.91. The lowest BCUT2D eigenvalue weighted by Gasteiger charge is -2.12. The van der Waals surface area contributed by atoms with Crippen molar-refractivity contribution < 1.29 is 10.2 Å². The SMILES string of the molecule is Oc1c(O)c2cc3ccccc3cc2c2cc3ccccc3cc12. The minimum absolute atomic E-state index is 0.0569. The number of phenolic OH excluding ortho intramolecular Hbond substituents is 2. The molecule has 0 atom stereocenters. The molecule has 0 saturated heterocycles. The Morgan fingerprint density at radius 1 is 0.417 bits per heavy atom. The second-order valence-electron chi connectivity index (χ2n) is 6.19. The lowest BCUT2D eigenvalue weighted by molar-refractivity contribution is 0.412. The zero-order valence-electron chi connectivity index (χ0n) is 12.8. The molecule has 2 nitrogen and oxygen atoms in total. The van der Waals surface area contributed by atoms with Crippen molar-refractivity contribution >= 4 is 43.1 Å². The van der Waals surface area contributed by atoms with Gasteiger partial charge in [-0.1, -0.05) is 48.5 Å². The van der Waals surface area contributed by atoms with Crippen LogP contribution in [-0.4, -0.2) is 10.2 Å². The molecule has 0 bridgehead atoms. The van der Waals surface area contributed by atoms with Gasteiger partial charge in [0.25, 0.3) is 0 Å². The highest BCUT2D eigenvalue weighted by Crippen LogP contribution is 2.44. The smallest absolute Gasteiger partial charge is 0.166 e. The maximum Gasteiger partial charge on any atom is 0.166 e. The molecule has 2 heteroatoms. The average molecular weight is 310 g/mol. The van der Waals surface area contributed by atoms with Crippen molar-refractivity contribution in [3.05, 3.63) is 72.8 Å². The molecule has 0 amide bonds. The van der Waals surface area contributed by atoms with E-state index in [2.05, 4.69) is 24.3 Å². The van der Waals surface area contributed by atoms with Crippen LogP contribution in [0.4, 0.5) is 0 Å². The Balaban J connectivity index is 2.08. The first-order valence-electron chi connectivity index (χ1n) is 7.91. The highest BCUT2D eigenvalue weighted by molar-refractivity contribution is 6.19. The fourth-order valence-electron chi connectivity index (χ4n) is 3.57. The van der Waals surface area contributed by atoms with E-state index in [1.165, 1.54) is 0 Å². The first-order chi connectivity index (χ1) is 11.7. The van der Waals surface area contributed by atoms with Crippen LogP contribution in [0.25, 0.3) is 43.1 Å². The van der Waals surface area contributed by atoms with Crippen LogP contribution in [-0.2, 0) is 0 Å². The van der Waals surface area contributed by atoms with Gasteiger partial charge in [-0.3, -0.25) is 0 Å². The molecule has 0 aliphatic carbocycles. The van der Waals surface area contributed by atoms with Crippen LogP contribution < -0.4 is 0 Å². The molecular formula is C22H14O2. The molecule has 5 rings (SSSR count). The van der Waals surface area contributed by atoms with E-state index >= 15 is 0 Å². The third kappa shape index (κ3) is 1.71. The predicted octanol–water partition coefficient (Wildman–Crippen LogP) is 5.71. The van der Waals surface area contributed by atoms with E-state index in [1.807, 2.05) is 48.5 Å². The van der Waals surface area contributed by atoms with Gasteiger partial charge in [-0.05, 0) is 56.6 Å². The Hall–Kier alpha value is -3.26. The number of phenols is 2. The van der Waals surface area contributed by atoms with Crippen molar-refractivity contribution in [3.63, 3.8) is 0 Å². The third-order valence-electron chi connectivity index (χ3n) is 4.80. The highest BCUT2D eigenvalue weighted by atomic mass is 16.3. The molecule has 0 heterocycles. The van der Waals surface area contributed by atoms with Gasteiger partial charge in [0.2, 0.25) is 0 Å². The summed E-state index contributed by atoms with van der Waals surface area (Å²) in [5, 5.41) is 28.6. The molecule has 0 aliphatic heterocycles. The molecule has 0 unspecified atom stereocenters. The summed E-state index contributed by atoms with van der Waals surface area (Å²) >= 11 is 0. The first kappa shape index (κ1) is 13.2. The summed E-state index contributed by atoms with van der Waals surface area (Å²) in [6, 6.07) is 24.1. The highest BCUT2D eigenvalue weighted by Gasteiger charge is 2.14. The summed E-state index contributed by atoms with van der Waals surface area (Å²) in [4.78, 5) is 0. The van der Waals surface area contributed by atoms with Gasteiger partial charge in [0.15, 0.2) is 11.5 Å². The summed E-state index contributed by atoms with van der Waals surface area (Å²) in [7, 11) is 0. The third-order valence-corrected chi connectivity index (χ3v) is 4.80. The molecular weight excluding hydrogens is 296 g/mol. The molecule has 114 valence electrons. The van der Waals surface area contributed by atoms with Crippen molar-refractivity contribution in [2.45, 2.75) is 0 Å². The molecule has 24 heavy (non-hydrogen) atoms. The van der Waals surface area contributed by atoms with Gasteiger partial charge in [0, 0.05) is 10.8 Å². The monoisotopic (exact) mass is 310 g/mol. The Morgan fingerprint density at radius 3 is 1.04 bits per heavy atom. The second kappa shape index (κ2) is 4.62. The molecule has 0 aliphatic rings. The fourth-order valence-corrected chi connectivity index (χ4v) is 3.57. The summed E-state index contributed by atoms with van der Waals surface area (Å²) in [5.41, 5.74) is 0. The molecule has 0 radical (unpaired) electrons. The van der Waals surface area contributed by atoms with E-state index in [4.69, 9.17) is 0 Å². The van der Waals surface area contributed by atoms with Crippen LogP contribution in [0, 0.1) is 0 Å². The molecule has 0 spiro atoms. The Bertz CT molecular complexity index is 1170. The minimum atomic E-state index is -0.0569. The van der Waals surface area contributed by atoms with Gasteiger partial charge in [0.05, 0.1) is 0 Å². The standard InChI is InChI=1S/C22H14O2/c23-21-19-11-15-7-3-1-5-13(15)9-17(19)18-10-14-6-2-4-8-16(14)12-20(18)22(21)24/h1-12,23-24H. The summed E-state index contributed by atoms with van der Waals surface area (Å²) in [6.45, 7) is 0. The van der Waals surface area contributed by atoms with Gasteiger partial charge >= 0.3 is 0 Å². The zero-order valence-corrected chi connectivity index (χ0v) is 12.8. The van der Waals surface area contributed by atoms with Crippen LogP contribution in [0.15, 0.2) is 72.8 Å². The van der Waals surface area contributed by atoms with Crippen LogP contribution in [0.1, 0.15) is 0 Å². The van der Waals surface area contributed by atoms with Crippen molar-refractivity contribution in [2.24, 2.45) is 0 Å². The van der Waals surface area contributed by atoms with Gasteiger partial charge in [0.1, 0.15) is 0 Å². The molecule has 5 aromatic rings. The average Bonchev–Trinajstić information content (AvgIpc) is 2.64. The Morgan fingerprint density at radius 2 is 0.708 bits per heavy atom. The van der Waals surface area contributed by atoms with E-state index in [0.29, 0.717) is 10.8 Å². The van der Waals surface area contributed by atoms with Gasteiger partial charge in [-0.2, -0.15) is 0 Å². The number of hydrogen-bond acceptors (Lipinski definition) is 2. The van der Waals surface area contributed by atoms with Gasteiger partial charge < -0.3 is 10.2 Å². The number of aromatic hydroxyl groups is 2. The normalized spacial score (nSPS) is 11.7. The van der Waals surface area contributed by atoms with Crippen molar-refractivity contribution in [1.82, 2.24) is 0 Å². The molecule has 5 aromatic carbocycles. The number of fused-ring (bicyclic) bond motifs is 5. The van der Waals surface area contributed by atoms with Crippen LogP contribution >= 0.6 is 0 Å². The summed E-state index contributed by atoms with van der Waals surface area (Å²) in [6.07, 6.45) is 0. The topological polar surface area (TPSA) is 40.5 Å². The lowest BCUT2D eigenvalue weighted by Crippen LogP contribution is -1.84. The van der Waals surface area contributed by atoms with E-state index < -0.39 is 0 Å². The maximum absolute atomic E-state index is 10.5. The number of hydrogen-bond donors (Lipinski definition) is 2. The molecule has 0 saturated carbocycles. The van der Waals surface area contributed by atoms with Gasteiger partial charge in [-0.25, -0.2) is 0 Å². The van der Waals surface area contributed by atoms with Crippen LogP contribution in [0.2, 0.25) is 0 Å². The predicted molar refractivity (Wildman–Crippen MR) is 99.8 cm³/mol. The second-order valence-corrected chi connectivity index (χ2v) is 6.19. The maximum atomic E-state index is 10.5. The van der Waals surface area contributed by atoms with Crippen LogP contribution in [0.5, 0.6) is 11.5 Å². The fraction of sp³-hybridized carbons (Fsp3) is 0. The van der Waals surface area contributed by atoms with E-state index in [9.17, 15) is 10.2 Å². The van der Waals surface area contributed by atoms with Crippen LogP contribution in [0.3, 0.4) is 0 Å². The lowest BCUT2D eigenvalue weighted by atomic mass is 9.94. The van der Waals surface area contributed by atoms with Crippen molar-refractivity contribution in [1.29, 1.82) is 0 Å². The number of rotatable bonds is 0. The van der Waals surface area contributed by atoms with Crippen molar-refractivity contribution in [2.75, 3.05) is 0 Å². The quantitative estimate of drug-likeness (QED) is 0.218. The van der Waals surface area contributed by atoms with Crippen molar-refractivity contribution in [3.8, 4) is 11.5 Å². The molecule has 0 aromatic heterocycles.